The molecule has 0 saturated carbocycles. The second-order valence-electron chi connectivity index (χ2n) is 3.30. The topological polar surface area (TPSA) is 52.3 Å². The van der Waals surface area contributed by atoms with Crippen molar-refractivity contribution in [3.63, 3.8) is 0 Å². The maximum absolute atomic E-state index is 12.5. The third-order valence-corrected chi connectivity index (χ3v) is 2.65. The molecule has 17 heavy (non-hydrogen) atoms. The Bertz CT molecular complexity index is 434. The minimum absolute atomic E-state index is 0.0631. The van der Waals surface area contributed by atoms with Gasteiger partial charge in [-0.25, -0.2) is 0 Å². The summed E-state index contributed by atoms with van der Waals surface area (Å²) in [5.41, 5.74) is 4.07. The van der Waals surface area contributed by atoms with E-state index in [2.05, 4.69) is 15.9 Å². The van der Waals surface area contributed by atoms with Crippen molar-refractivity contribution in [2.24, 2.45) is 5.73 Å². The molecule has 0 aliphatic heterocycles. The van der Waals surface area contributed by atoms with E-state index in [4.69, 9.17) is 10.5 Å². The lowest BCUT2D eigenvalue weighted by Crippen LogP contribution is -2.30. The summed E-state index contributed by atoms with van der Waals surface area (Å²) in [5.74, 6) is -0.812. The van der Waals surface area contributed by atoms with Gasteiger partial charge >= 0.3 is 6.18 Å². The molecule has 94 valence electrons. The zero-order valence-electron chi connectivity index (χ0n) is 8.72. The molecule has 0 heterocycles. The van der Waals surface area contributed by atoms with E-state index in [-0.39, 0.29) is 10.2 Å². The van der Waals surface area contributed by atoms with Gasteiger partial charge in [0, 0.05) is 4.47 Å². The van der Waals surface area contributed by atoms with Crippen LogP contribution in [0, 0.1) is 0 Å². The summed E-state index contributed by atoms with van der Waals surface area (Å²) in [6.07, 6.45) is -5.48. The molecule has 0 bridgehead atoms. The number of alkyl halides is 3. The SMILES string of the molecule is CC(Oc1ccc(Br)c(C(F)(F)F)c1)C(N)=O. The van der Waals surface area contributed by atoms with Crippen molar-refractivity contribution < 1.29 is 22.7 Å². The van der Waals surface area contributed by atoms with E-state index in [1.165, 1.54) is 19.1 Å². The van der Waals surface area contributed by atoms with Gasteiger partial charge in [0.05, 0.1) is 5.56 Å². The molecular weight excluding hydrogens is 303 g/mol. The average Bonchev–Trinajstić information content (AvgIpc) is 2.19. The Morgan fingerprint density at radius 3 is 2.53 bits per heavy atom. The molecule has 0 spiro atoms. The predicted octanol–water partition coefficient (Wildman–Crippen LogP) is 2.72. The van der Waals surface area contributed by atoms with Crippen molar-refractivity contribution in [3.05, 3.63) is 28.2 Å². The standard InChI is InChI=1S/C10H9BrF3NO2/c1-5(9(15)16)17-6-2-3-8(11)7(4-6)10(12,13)14/h2-5H,1H3,(H2,15,16). The van der Waals surface area contributed by atoms with Gasteiger partial charge in [-0.3, -0.25) is 4.79 Å². The molecule has 2 N–H and O–H groups in total. The van der Waals surface area contributed by atoms with Crippen molar-refractivity contribution in [2.75, 3.05) is 0 Å². The van der Waals surface area contributed by atoms with Crippen LogP contribution in [0.3, 0.4) is 0 Å². The molecule has 1 amide bonds. The van der Waals surface area contributed by atoms with Crippen LogP contribution in [0.1, 0.15) is 12.5 Å². The quantitative estimate of drug-likeness (QED) is 0.933. The summed E-state index contributed by atoms with van der Waals surface area (Å²) in [7, 11) is 0. The number of carbonyl (C=O) groups is 1. The first-order chi connectivity index (χ1) is 7.71. The van der Waals surface area contributed by atoms with Crippen molar-refractivity contribution >= 4 is 21.8 Å². The molecule has 1 aromatic rings. The van der Waals surface area contributed by atoms with Crippen molar-refractivity contribution in [1.29, 1.82) is 0 Å². The summed E-state index contributed by atoms with van der Waals surface area (Å²) < 4.78 is 42.5. The Morgan fingerprint density at radius 1 is 1.47 bits per heavy atom. The number of ether oxygens (including phenoxy) is 1. The lowest BCUT2D eigenvalue weighted by Gasteiger charge is -2.14. The van der Waals surface area contributed by atoms with Crippen LogP contribution < -0.4 is 10.5 Å². The van der Waals surface area contributed by atoms with Gasteiger partial charge in [-0.1, -0.05) is 15.9 Å². The summed E-state index contributed by atoms with van der Waals surface area (Å²) in [4.78, 5) is 10.7. The van der Waals surface area contributed by atoms with Gasteiger partial charge in [-0.05, 0) is 25.1 Å². The fourth-order valence-corrected chi connectivity index (χ4v) is 1.53. The summed E-state index contributed by atoms with van der Waals surface area (Å²) in [6, 6.07) is 3.33. The molecule has 0 radical (unpaired) electrons. The van der Waals surface area contributed by atoms with Crippen LogP contribution in [0.25, 0.3) is 0 Å². The van der Waals surface area contributed by atoms with E-state index in [0.29, 0.717) is 0 Å². The maximum atomic E-state index is 12.5. The van der Waals surface area contributed by atoms with Crippen LogP contribution in [-0.4, -0.2) is 12.0 Å². The highest BCUT2D eigenvalue weighted by molar-refractivity contribution is 9.10. The van der Waals surface area contributed by atoms with Crippen LogP contribution >= 0.6 is 15.9 Å². The number of amides is 1. The summed E-state index contributed by atoms with van der Waals surface area (Å²) in [6.45, 7) is 1.36. The highest BCUT2D eigenvalue weighted by atomic mass is 79.9. The monoisotopic (exact) mass is 311 g/mol. The van der Waals surface area contributed by atoms with Gasteiger partial charge in [0.25, 0.3) is 5.91 Å². The van der Waals surface area contributed by atoms with Crippen LogP contribution in [0.4, 0.5) is 13.2 Å². The Hall–Kier alpha value is -1.24. The lowest BCUT2D eigenvalue weighted by molar-refractivity contribution is -0.138. The number of rotatable bonds is 3. The second kappa shape index (κ2) is 4.95. The number of benzene rings is 1. The number of carbonyl (C=O) groups excluding carboxylic acids is 1. The third-order valence-electron chi connectivity index (χ3n) is 1.96. The Morgan fingerprint density at radius 2 is 2.06 bits per heavy atom. The van der Waals surface area contributed by atoms with Gasteiger partial charge in [0.1, 0.15) is 5.75 Å². The molecule has 1 aromatic carbocycles. The Kier molecular flexibility index (Phi) is 4.03. The summed E-state index contributed by atoms with van der Waals surface area (Å²) >= 11 is 2.79. The van der Waals surface area contributed by atoms with Gasteiger partial charge in [0.15, 0.2) is 6.10 Å². The molecule has 0 saturated heterocycles. The smallest absolute Gasteiger partial charge is 0.417 e. The molecule has 3 nitrogen and oxygen atoms in total. The first-order valence-corrected chi connectivity index (χ1v) is 5.34. The number of hydrogen-bond donors (Lipinski definition) is 1. The lowest BCUT2D eigenvalue weighted by atomic mass is 10.2. The molecule has 0 aliphatic rings. The highest BCUT2D eigenvalue weighted by Gasteiger charge is 2.33. The predicted molar refractivity (Wildman–Crippen MR) is 58.4 cm³/mol. The normalized spacial score (nSPS) is 13.2. The van der Waals surface area contributed by atoms with Crippen LogP contribution in [-0.2, 0) is 11.0 Å². The summed E-state index contributed by atoms with van der Waals surface area (Å²) in [5, 5.41) is 0. The van der Waals surface area contributed by atoms with Crippen LogP contribution in [0.5, 0.6) is 5.75 Å². The zero-order valence-corrected chi connectivity index (χ0v) is 10.3. The molecule has 0 aromatic heterocycles. The highest BCUT2D eigenvalue weighted by Crippen LogP contribution is 2.37. The molecular formula is C10H9BrF3NO2. The van der Waals surface area contributed by atoms with E-state index in [1.54, 1.807) is 0 Å². The first kappa shape index (κ1) is 13.8. The Labute approximate surface area is 104 Å². The third kappa shape index (κ3) is 3.62. The zero-order chi connectivity index (χ0) is 13.2. The van der Waals surface area contributed by atoms with E-state index in [1.807, 2.05) is 0 Å². The average molecular weight is 312 g/mol. The molecule has 1 unspecified atom stereocenters. The van der Waals surface area contributed by atoms with Crippen molar-refractivity contribution in [1.82, 2.24) is 0 Å². The van der Waals surface area contributed by atoms with E-state index in [9.17, 15) is 18.0 Å². The van der Waals surface area contributed by atoms with Gasteiger partial charge < -0.3 is 10.5 Å². The van der Waals surface area contributed by atoms with Crippen molar-refractivity contribution in [2.45, 2.75) is 19.2 Å². The largest absolute Gasteiger partial charge is 0.481 e. The maximum Gasteiger partial charge on any atom is 0.417 e. The van der Waals surface area contributed by atoms with Gasteiger partial charge in [0.2, 0.25) is 0 Å². The minimum Gasteiger partial charge on any atom is -0.481 e. The Balaban J connectivity index is 3.01. The van der Waals surface area contributed by atoms with Gasteiger partial charge in [-0.2, -0.15) is 13.2 Å². The van der Waals surface area contributed by atoms with Crippen molar-refractivity contribution in [3.8, 4) is 5.75 Å². The van der Waals surface area contributed by atoms with Crippen LogP contribution in [0.2, 0.25) is 0 Å². The fourth-order valence-electron chi connectivity index (χ4n) is 1.06. The van der Waals surface area contributed by atoms with Crippen LogP contribution in [0.15, 0.2) is 22.7 Å². The molecule has 1 atom stereocenters. The first-order valence-electron chi connectivity index (χ1n) is 4.54. The van der Waals surface area contributed by atoms with Gasteiger partial charge in [-0.15, -0.1) is 0 Å². The molecule has 7 heteroatoms. The molecule has 0 fully saturated rings. The minimum atomic E-state index is -4.49. The van der Waals surface area contributed by atoms with E-state index in [0.717, 1.165) is 6.07 Å². The fraction of sp³-hybridized carbons (Fsp3) is 0.300. The molecule has 0 aliphatic carbocycles. The van der Waals surface area contributed by atoms with E-state index < -0.39 is 23.8 Å². The number of hydrogen-bond acceptors (Lipinski definition) is 2. The second-order valence-corrected chi connectivity index (χ2v) is 4.16. The number of primary amides is 1. The number of nitrogens with two attached hydrogens (primary N) is 1. The number of halogens is 4. The van der Waals surface area contributed by atoms with E-state index >= 15 is 0 Å². The molecule has 1 rings (SSSR count).